The number of aromatic nitrogens is 1. The van der Waals surface area contributed by atoms with Gasteiger partial charge in [-0.1, -0.05) is 30.4 Å². The number of carbonyl (C=O) groups is 2. The quantitative estimate of drug-likeness (QED) is 0.330. The van der Waals surface area contributed by atoms with E-state index in [0.29, 0.717) is 30.4 Å². The molecule has 1 aliphatic carbocycles. The number of amides is 1. The smallest absolute Gasteiger partial charge is 0.352 e. The number of rotatable bonds is 9. The molecule has 0 aromatic carbocycles. The fourth-order valence-corrected chi connectivity index (χ4v) is 3.63. The van der Waals surface area contributed by atoms with Gasteiger partial charge < -0.3 is 15.8 Å². The summed E-state index contributed by atoms with van der Waals surface area (Å²) < 4.78 is 0. The number of hydrogen-bond acceptors (Lipinski definition) is 3. The second kappa shape index (κ2) is 8.78. The zero-order valence-electron chi connectivity index (χ0n) is 15.0. The van der Waals surface area contributed by atoms with Crippen molar-refractivity contribution in [3.63, 3.8) is 0 Å². The van der Waals surface area contributed by atoms with Crippen LogP contribution in [-0.2, 0) is 10.3 Å². The highest BCUT2D eigenvalue weighted by atomic mass is 35.5. The zero-order chi connectivity index (χ0) is 20.1. The summed E-state index contributed by atoms with van der Waals surface area (Å²) in [6.07, 6.45) is 12.3. The molecule has 146 valence electrons. The molecule has 1 heterocycles. The van der Waals surface area contributed by atoms with Crippen molar-refractivity contribution in [2.24, 2.45) is 11.1 Å². The average molecular weight is 412 g/mol. The summed E-state index contributed by atoms with van der Waals surface area (Å²) in [6.45, 7) is 2.95. The molecule has 0 fully saturated rings. The van der Waals surface area contributed by atoms with Crippen molar-refractivity contribution >= 4 is 35.1 Å². The van der Waals surface area contributed by atoms with E-state index in [9.17, 15) is 14.7 Å². The maximum absolute atomic E-state index is 11.7. The molecule has 0 saturated heterocycles. The van der Waals surface area contributed by atoms with Gasteiger partial charge in [-0.3, -0.25) is 9.69 Å². The molecule has 0 aliphatic heterocycles. The first-order chi connectivity index (χ1) is 12.8. The number of alkyl halides is 2. The Morgan fingerprint density at radius 2 is 1.81 bits per heavy atom. The number of carboxylic acids is 1. The molecule has 0 radical (unpaired) electrons. The molecule has 0 atom stereocenters. The third kappa shape index (κ3) is 4.64. The maximum Gasteiger partial charge on any atom is 0.352 e. The lowest BCUT2D eigenvalue weighted by Crippen LogP contribution is -2.47. The molecule has 4 N–H and O–H groups in total. The maximum atomic E-state index is 11.7. The molecule has 1 aromatic heterocycles. The minimum Gasteiger partial charge on any atom is -0.477 e. The van der Waals surface area contributed by atoms with Crippen LogP contribution in [0, 0.1) is 5.41 Å². The number of aromatic carboxylic acids is 1. The van der Waals surface area contributed by atoms with Gasteiger partial charge in [-0.15, -0.1) is 23.2 Å². The van der Waals surface area contributed by atoms with Crippen LogP contribution < -0.4 is 5.73 Å². The second-order valence-corrected chi connectivity index (χ2v) is 7.29. The van der Waals surface area contributed by atoms with E-state index in [0.717, 1.165) is 0 Å². The SMILES string of the molecule is CC1(C=CC(N)=O)C=CC(c2cc[nH]c2C(=O)O)(N(CCCl)CCCl)C=C1. The van der Waals surface area contributed by atoms with Gasteiger partial charge in [0, 0.05) is 42.0 Å². The molecule has 0 spiro atoms. The summed E-state index contributed by atoms with van der Waals surface area (Å²) in [7, 11) is 0. The number of carbonyl (C=O) groups excluding carboxylic acids is 1. The number of aromatic amines is 1. The highest BCUT2D eigenvalue weighted by molar-refractivity contribution is 6.18. The summed E-state index contributed by atoms with van der Waals surface area (Å²) in [4.78, 5) is 27.6. The molecule has 0 bridgehead atoms. The monoisotopic (exact) mass is 411 g/mol. The fraction of sp³-hybridized carbons (Fsp3) is 0.368. The van der Waals surface area contributed by atoms with Gasteiger partial charge in [0.25, 0.3) is 0 Å². The molecular weight excluding hydrogens is 389 g/mol. The average Bonchev–Trinajstić information content (AvgIpc) is 3.12. The number of H-pyrrole nitrogens is 1. The van der Waals surface area contributed by atoms with Crippen LogP contribution in [-0.4, -0.2) is 51.7 Å². The standard InChI is InChI=1S/C19H23Cl2N3O3/c1-18(4-2-15(22)25)5-7-19(8-6-18,24(12-9-20)13-10-21)14-3-11-23-16(14)17(26)27/h2-8,11,23H,9-10,12-13H2,1H3,(H2,22,25)(H,26,27). The largest absolute Gasteiger partial charge is 0.477 e. The van der Waals surface area contributed by atoms with Crippen molar-refractivity contribution in [2.75, 3.05) is 24.8 Å². The van der Waals surface area contributed by atoms with Crippen LogP contribution in [0.4, 0.5) is 0 Å². The lowest BCUT2D eigenvalue weighted by Gasteiger charge is -2.43. The van der Waals surface area contributed by atoms with Gasteiger partial charge in [-0.25, -0.2) is 4.79 Å². The number of carboxylic acid groups (broad SMARTS) is 1. The van der Waals surface area contributed by atoms with Crippen molar-refractivity contribution in [2.45, 2.75) is 12.5 Å². The van der Waals surface area contributed by atoms with E-state index in [1.807, 2.05) is 36.1 Å². The Balaban J connectivity index is 2.56. The van der Waals surface area contributed by atoms with Gasteiger partial charge in [0.2, 0.25) is 5.91 Å². The lowest BCUT2D eigenvalue weighted by molar-refractivity contribution is -0.113. The first kappa shape index (κ1) is 21.3. The van der Waals surface area contributed by atoms with Crippen molar-refractivity contribution in [3.05, 3.63) is 60.0 Å². The van der Waals surface area contributed by atoms with Gasteiger partial charge in [0.15, 0.2) is 0 Å². The van der Waals surface area contributed by atoms with E-state index in [1.165, 1.54) is 6.08 Å². The predicted octanol–water partition coefficient (Wildman–Crippen LogP) is 2.86. The molecule has 27 heavy (non-hydrogen) atoms. The van der Waals surface area contributed by atoms with Crippen molar-refractivity contribution in [3.8, 4) is 0 Å². The van der Waals surface area contributed by atoms with Gasteiger partial charge in [0.1, 0.15) is 5.69 Å². The van der Waals surface area contributed by atoms with Crippen LogP contribution in [0.15, 0.2) is 48.7 Å². The summed E-state index contributed by atoms with van der Waals surface area (Å²) in [5.74, 6) is -0.841. The fourth-order valence-electron chi connectivity index (χ4n) is 3.22. The van der Waals surface area contributed by atoms with Crippen molar-refractivity contribution < 1.29 is 14.7 Å². The van der Waals surface area contributed by atoms with Crippen LogP contribution in [0.5, 0.6) is 0 Å². The van der Waals surface area contributed by atoms with Crippen LogP contribution in [0.25, 0.3) is 0 Å². The summed E-state index contributed by atoms with van der Waals surface area (Å²) in [6, 6.07) is 1.75. The normalized spacial score (nSPS) is 24.7. The van der Waals surface area contributed by atoms with Gasteiger partial charge in [-0.05, 0) is 19.1 Å². The summed E-state index contributed by atoms with van der Waals surface area (Å²) in [5.41, 5.74) is 4.56. The number of allylic oxidation sites excluding steroid dienone is 3. The molecule has 0 unspecified atom stereocenters. The Labute approximate surface area is 168 Å². The first-order valence-corrected chi connectivity index (χ1v) is 9.52. The first-order valence-electron chi connectivity index (χ1n) is 8.45. The molecular formula is C19H23Cl2N3O3. The van der Waals surface area contributed by atoms with E-state index >= 15 is 0 Å². The number of nitrogens with two attached hydrogens (primary N) is 1. The van der Waals surface area contributed by atoms with Gasteiger partial charge >= 0.3 is 5.97 Å². The van der Waals surface area contributed by atoms with Crippen LogP contribution >= 0.6 is 23.2 Å². The Morgan fingerprint density at radius 3 is 2.30 bits per heavy atom. The highest BCUT2D eigenvalue weighted by Crippen LogP contribution is 2.41. The number of nitrogens with one attached hydrogen (secondary N) is 1. The Morgan fingerprint density at radius 1 is 1.22 bits per heavy atom. The summed E-state index contributed by atoms with van der Waals surface area (Å²) in [5, 5.41) is 9.58. The van der Waals surface area contributed by atoms with Crippen molar-refractivity contribution in [1.82, 2.24) is 9.88 Å². The predicted molar refractivity (Wildman–Crippen MR) is 107 cm³/mol. The minimum absolute atomic E-state index is 0.106. The summed E-state index contributed by atoms with van der Waals surface area (Å²) >= 11 is 12.0. The van der Waals surface area contributed by atoms with E-state index in [4.69, 9.17) is 28.9 Å². The molecule has 2 rings (SSSR count). The van der Waals surface area contributed by atoms with Crippen LogP contribution in [0.2, 0.25) is 0 Å². The minimum atomic E-state index is -1.05. The highest BCUT2D eigenvalue weighted by Gasteiger charge is 2.40. The van der Waals surface area contributed by atoms with E-state index in [-0.39, 0.29) is 5.69 Å². The lowest BCUT2D eigenvalue weighted by atomic mass is 9.76. The molecule has 1 amide bonds. The number of hydrogen-bond donors (Lipinski definition) is 3. The zero-order valence-corrected chi connectivity index (χ0v) is 16.5. The second-order valence-electron chi connectivity index (χ2n) is 6.53. The Kier molecular flexibility index (Phi) is 6.92. The molecule has 6 nitrogen and oxygen atoms in total. The van der Waals surface area contributed by atoms with Crippen molar-refractivity contribution in [1.29, 1.82) is 0 Å². The number of primary amides is 1. The Bertz CT molecular complexity index is 763. The van der Waals surface area contributed by atoms with E-state index < -0.39 is 22.8 Å². The van der Waals surface area contributed by atoms with Crippen LogP contribution in [0.3, 0.4) is 0 Å². The molecule has 1 aromatic rings. The number of halogens is 2. The Hall–Kier alpha value is -2.02. The van der Waals surface area contributed by atoms with E-state index in [2.05, 4.69) is 4.98 Å². The number of nitrogens with zero attached hydrogens (tertiary/aromatic N) is 1. The van der Waals surface area contributed by atoms with Gasteiger partial charge in [0.05, 0.1) is 5.54 Å². The molecule has 8 heteroatoms. The van der Waals surface area contributed by atoms with E-state index in [1.54, 1.807) is 18.3 Å². The topological polar surface area (TPSA) is 99.4 Å². The molecule has 0 saturated carbocycles. The third-order valence-corrected chi connectivity index (χ3v) is 4.96. The third-order valence-electron chi connectivity index (χ3n) is 4.62. The van der Waals surface area contributed by atoms with Crippen LogP contribution in [0.1, 0.15) is 23.0 Å². The molecule has 1 aliphatic rings. The van der Waals surface area contributed by atoms with Gasteiger partial charge in [-0.2, -0.15) is 0 Å².